The lowest BCUT2D eigenvalue weighted by molar-refractivity contribution is -0.385. The summed E-state index contributed by atoms with van der Waals surface area (Å²) >= 11 is 0. The first-order valence-corrected chi connectivity index (χ1v) is 16.2. The molecule has 4 aliphatic rings. The Morgan fingerprint density at radius 2 is 0.941 bits per heavy atom. The van der Waals surface area contributed by atoms with E-state index < -0.39 is 149 Å². The summed E-state index contributed by atoms with van der Waals surface area (Å²) in [5, 5.41) is 138. The van der Waals surface area contributed by atoms with Gasteiger partial charge in [-0.1, -0.05) is 6.07 Å². The zero-order valence-corrected chi connectivity index (χ0v) is 26.8. The lowest BCUT2D eigenvalue weighted by Gasteiger charge is -2.49. The fraction of sp³-hybridized carbons (Fsp3) is 0.828. The van der Waals surface area contributed by atoms with Gasteiger partial charge in [-0.05, 0) is 12.1 Å². The number of aliphatic hydroxyl groups is 13. The van der Waals surface area contributed by atoms with Crippen molar-refractivity contribution in [2.75, 3.05) is 31.7 Å². The van der Waals surface area contributed by atoms with E-state index in [9.17, 15) is 66.4 Å². The molecule has 0 radical (unpaired) electrons. The molecule has 1 aromatic rings. The van der Waals surface area contributed by atoms with Gasteiger partial charge in [0.05, 0.1) is 26.4 Å². The van der Waals surface area contributed by atoms with Gasteiger partial charge in [-0.15, -0.1) is 0 Å². The summed E-state index contributed by atoms with van der Waals surface area (Å²) < 4.78 is 38.8. The Labute approximate surface area is 289 Å². The zero-order valence-electron chi connectivity index (χ0n) is 26.8. The van der Waals surface area contributed by atoms with Crippen LogP contribution in [-0.4, -0.2) is 221 Å². The summed E-state index contributed by atoms with van der Waals surface area (Å²) in [6.07, 6.45) is -31.3. The van der Waals surface area contributed by atoms with Crippen LogP contribution in [0.5, 0.6) is 0 Å². The molecule has 51 heavy (non-hydrogen) atoms. The average Bonchev–Trinajstić information content (AvgIpc) is 3.13. The number of anilines is 1. The molecule has 0 aromatic carbocycles. The second-order valence-corrected chi connectivity index (χ2v) is 12.5. The van der Waals surface area contributed by atoms with Gasteiger partial charge < -0.3 is 105 Å². The summed E-state index contributed by atoms with van der Waals surface area (Å²) in [6, 6.07) is 3.57. The summed E-state index contributed by atoms with van der Waals surface area (Å²) in [5.41, 5.74) is 0. The summed E-state index contributed by atoms with van der Waals surface area (Å²) in [4.78, 5) is 4.06. The van der Waals surface area contributed by atoms with E-state index in [2.05, 4.69) is 10.3 Å². The van der Waals surface area contributed by atoms with Crippen LogP contribution >= 0.6 is 0 Å². The van der Waals surface area contributed by atoms with Crippen LogP contribution in [0.2, 0.25) is 0 Å². The van der Waals surface area contributed by atoms with Gasteiger partial charge in [0.1, 0.15) is 103 Å². The van der Waals surface area contributed by atoms with Crippen LogP contribution in [0.15, 0.2) is 24.4 Å². The maximum Gasteiger partial charge on any atom is 0.187 e. The van der Waals surface area contributed by atoms with Gasteiger partial charge in [-0.3, -0.25) is 0 Å². The van der Waals surface area contributed by atoms with Crippen molar-refractivity contribution in [1.29, 1.82) is 0 Å². The van der Waals surface area contributed by atoms with Gasteiger partial charge in [-0.25, -0.2) is 4.98 Å². The Bertz CT molecular complexity index is 1210. The summed E-state index contributed by atoms with van der Waals surface area (Å²) in [7, 11) is 0. The van der Waals surface area contributed by atoms with Gasteiger partial charge in [0.15, 0.2) is 25.2 Å². The highest BCUT2D eigenvalue weighted by Crippen LogP contribution is 2.34. The number of rotatable bonds is 12. The van der Waals surface area contributed by atoms with Gasteiger partial charge in [-0.2, -0.15) is 0 Å². The number of aromatic nitrogens is 1. The van der Waals surface area contributed by atoms with Gasteiger partial charge in [0.2, 0.25) is 0 Å². The van der Waals surface area contributed by atoms with Crippen molar-refractivity contribution < 1.29 is 99.5 Å². The molecule has 0 bridgehead atoms. The Balaban J connectivity index is 1.25. The standard InChI is InChI=1S/C29H46N2O20/c32-5-9-15(36)17(38)20(41)27(46-9)50-24-11(7-34)48-29(22(43)19(24)40)51-25-12(8-35)47-28(21(42)18(25)39)49-23-10(6-33)45-26(44)14(16(23)37)31-13-3-1-2-4-30-13/h1-4,9-12,14-29,32-44H,5-8H2,(H,30,31)/t9-,10-,11-,12-,14-,15-,16-,17+,18-,19-,20-,21-,22-,23-,24-,25-,26?,27-,28-,29-/m1/s1. The van der Waals surface area contributed by atoms with Crippen LogP contribution in [0.4, 0.5) is 5.82 Å². The lowest BCUT2D eigenvalue weighted by Crippen LogP contribution is -2.67. The second kappa shape index (κ2) is 17.5. The monoisotopic (exact) mass is 742 g/mol. The molecule has 20 atom stereocenters. The predicted octanol–water partition coefficient (Wildman–Crippen LogP) is -8.23. The Hall–Kier alpha value is -1.85. The van der Waals surface area contributed by atoms with Crippen molar-refractivity contribution in [2.24, 2.45) is 0 Å². The van der Waals surface area contributed by atoms with Gasteiger partial charge in [0.25, 0.3) is 0 Å². The first kappa shape index (κ1) is 40.3. The quantitative estimate of drug-likeness (QED) is 0.0945. The molecule has 292 valence electrons. The highest BCUT2D eigenvalue weighted by molar-refractivity contribution is 5.35. The molecule has 5 heterocycles. The lowest BCUT2D eigenvalue weighted by atomic mass is 9.95. The fourth-order valence-corrected chi connectivity index (χ4v) is 6.34. The molecule has 1 unspecified atom stereocenters. The van der Waals surface area contributed by atoms with E-state index in [1.165, 1.54) is 6.20 Å². The Kier molecular flexibility index (Phi) is 13.9. The van der Waals surface area contributed by atoms with E-state index in [1.54, 1.807) is 18.2 Å². The van der Waals surface area contributed by atoms with Crippen molar-refractivity contribution in [2.45, 2.75) is 123 Å². The molecule has 4 fully saturated rings. The topological polar surface area (TPSA) is 353 Å². The first-order chi connectivity index (χ1) is 24.3. The fourth-order valence-electron chi connectivity index (χ4n) is 6.34. The molecule has 22 heteroatoms. The molecule has 0 amide bonds. The van der Waals surface area contributed by atoms with Crippen LogP contribution in [-0.2, 0) is 33.2 Å². The maximum absolute atomic E-state index is 11.1. The summed E-state index contributed by atoms with van der Waals surface area (Å²) in [6.45, 7) is -3.32. The van der Waals surface area contributed by atoms with Crippen molar-refractivity contribution in [3.05, 3.63) is 24.4 Å². The van der Waals surface area contributed by atoms with E-state index in [1.807, 2.05) is 0 Å². The van der Waals surface area contributed by atoms with Crippen molar-refractivity contribution >= 4 is 5.82 Å². The van der Waals surface area contributed by atoms with E-state index >= 15 is 0 Å². The minimum atomic E-state index is -2.02. The van der Waals surface area contributed by atoms with Crippen molar-refractivity contribution in [3.8, 4) is 0 Å². The molecule has 5 rings (SSSR count). The van der Waals surface area contributed by atoms with Gasteiger partial charge in [0, 0.05) is 6.20 Å². The minimum Gasteiger partial charge on any atom is -0.394 e. The number of aliphatic hydroxyl groups excluding tert-OH is 13. The van der Waals surface area contributed by atoms with Crippen LogP contribution in [0.3, 0.4) is 0 Å². The molecule has 4 saturated heterocycles. The van der Waals surface area contributed by atoms with E-state index in [0.29, 0.717) is 0 Å². The molecular weight excluding hydrogens is 696 g/mol. The third-order valence-electron chi connectivity index (χ3n) is 9.22. The number of hydrogen-bond donors (Lipinski definition) is 14. The summed E-state index contributed by atoms with van der Waals surface area (Å²) in [5.74, 6) is 0.252. The Morgan fingerprint density at radius 1 is 0.510 bits per heavy atom. The Morgan fingerprint density at radius 3 is 1.39 bits per heavy atom. The van der Waals surface area contributed by atoms with Crippen molar-refractivity contribution in [1.82, 2.24) is 4.98 Å². The number of nitrogens with zero attached hydrogens (tertiary/aromatic N) is 1. The second-order valence-electron chi connectivity index (χ2n) is 12.5. The van der Waals surface area contributed by atoms with E-state index in [-0.39, 0.29) is 5.82 Å². The third-order valence-corrected chi connectivity index (χ3v) is 9.22. The molecule has 14 N–H and O–H groups in total. The molecule has 0 saturated carbocycles. The zero-order chi connectivity index (χ0) is 37.1. The van der Waals surface area contributed by atoms with Crippen molar-refractivity contribution in [3.63, 3.8) is 0 Å². The normalized spacial score (nSPS) is 47.9. The van der Waals surface area contributed by atoms with E-state index in [4.69, 9.17) is 33.2 Å². The molecule has 1 aromatic heterocycles. The molecule has 4 aliphatic heterocycles. The number of nitrogens with one attached hydrogen (secondary N) is 1. The minimum absolute atomic E-state index is 0.252. The highest BCUT2D eigenvalue weighted by atomic mass is 16.8. The highest BCUT2D eigenvalue weighted by Gasteiger charge is 2.55. The maximum atomic E-state index is 11.1. The SMILES string of the molecule is OC[C@H]1O[C@H](O[C@H]2[C@H](O)[C@@H](O)[C@@H](O[C@H]3[C@H](O)[C@@H](O)[C@@H](O[C@H]4[C@H](O)[C@@H](Nc5ccccn5)C(O)O[C@@H]4CO)O[C@@H]3CO)O[C@@H]2CO)[C@H](O)[C@@H](O)[C@@H]1O. The van der Waals surface area contributed by atoms with Crippen LogP contribution in [0.1, 0.15) is 0 Å². The number of pyridine rings is 1. The van der Waals surface area contributed by atoms with Gasteiger partial charge >= 0.3 is 0 Å². The van der Waals surface area contributed by atoms with Crippen LogP contribution < -0.4 is 5.32 Å². The molecule has 22 nitrogen and oxygen atoms in total. The smallest absolute Gasteiger partial charge is 0.187 e. The average molecular weight is 743 g/mol. The number of ether oxygens (including phenoxy) is 7. The number of hydrogen-bond acceptors (Lipinski definition) is 22. The van der Waals surface area contributed by atoms with Crippen LogP contribution in [0, 0.1) is 0 Å². The molecular formula is C29H46N2O20. The van der Waals surface area contributed by atoms with Crippen LogP contribution in [0.25, 0.3) is 0 Å². The molecule has 0 spiro atoms. The largest absolute Gasteiger partial charge is 0.394 e. The van der Waals surface area contributed by atoms with E-state index in [0.717, 1.165) is 0 Å². The third kappa shape index (κ3) is 8.45. The molecule has 0 aliphatic carbocycles. The predicted molar refractivity (Wildman–Crippen MR) is 160 cm³/mol. The first-order valence-electron chi connectivity index (χ1n) is 16.2.